The molecule has 4 aromatic rings. The molecule has 2 unspecified atom stereocenters. The van der Waals surface area contributed by atoms with Crippen LogP contribution in [0.5, 0.6) is 11.6 Å². The van der Waals surface area contributed by atoms with E-state index in [1.54, 1.807) is 30.6 Å². The molecule has 10 nitrogen and oxygen atoms in total. The summed E-state index contributed by atoms with van der Waals surface area (Å²) in [6.07, 6.45) is 7.63. The van der Waals surface area contributed by atoms with Crippen LogP contribution in [0.4, 0.5) is 21.9 Å². The molecule has 1 aliphatic heterocycles. The van der Waals surface area contributed by atoms with Crippen LogP contribution < -0.4 is 25.6 Å². The molecule has 11 heteroatoms. The Morgan fingerprint density at radius 2 is 1.88 bits per heavy atom. The summed E-state index contributed by atoms with van der Waals surface area (Å²) in [5, 5.41) is 9.62. The standard InChI is InChI=1S/C29H26N6O4S/c1-2-22(36)32-17-7-6-8-18(15-17)33-27(37)26-25-24-21(13-14-30-28(24)40-26)35(29(38)34-25)19-11-12-23(31-16-19)39-20-9-4-3-5-10-20/h2-5,9-14,16-18H,1,6-8,15H2,(H,32,36)(H,33,37)(H,34,38). The minimum atomic E-state index is -0.407. The Hall–Kier alpha value is -4.77. The summed E-state index contributed by atoms with van der Waals surface area (Å²) in [6.45, 7) is 3.50. The van der Waals surface area contributed by atoms with Gasteiger partial charge in [-0.15, -0.1) is 11.3 Å². The van der Waals surface area contributed by atoms with Gasteiger partial charge in [0.05, 0.1) is 28.6 Å². The summed E-state index contributed by atoms with van der Waals surface area (Å²) >= 11 is 1.23. The van der Waals surface area contributed by atoms with E-state index >= 15 is 0 Å². The molecule has 4 amide bonds. The summed E-state index contributed by atoms with van der Waals surface area (Å²) < 4.78 is 5.78. The van der Waals surface area contributed by atoms with Crippen LogP contribution in [0.1, 0.15) is 35.4 Å². The largest absolute Gasteiger partial charge is 0.439 e. The molecule has 0 radical (unpaired) electrons. The van der Waals surface area contributed by atoms with Gasteiger partial charge in [0.1, 0.15) is 15.5 Å². The van der Waals surface area contributed by atoms with Gasteiger partial charge < -0.3 is 20.7 Å². The number of aromatic nitrogens is 2. The molecule has 40 heavy (non-hydrogen) atoms. The van der Waals surface area contributed by atoms with Crippen molar-refractivity contribution < 1.29 is 19.1 Å². The minimum Gasteiger partial charge on any atom is -0.439 e. The van der Waals surface area contributed by atoms with Gasteiger partial charge in [0.25, 0.3) is 5.91 Å². The first-order valence-corrected chi connectivity index (χ1v) is 13.8. The van der Waals surface area contributed by atoms with Crippen LogP contribution >= 0.6 is 11.3 Å². The van der Waals surface area contributed by atoms with Gasteiger partial charge in [0, 0.05) is 24.3 Å². The fourth-order valence-corrected chi connectivity index (χ4v) is 6.16. The van der Waals surface area contributed by atoms with Crippen LogP contribution in [-0.4, -0.2) is 39.9 Å². The molecule has 1 aliphatic carbocycles. The van der Waals surface area contributed by atoms with E-state index in [4.69, 9.17) is 4.74 Å². The molecule has 2 atom stereocenters. The van der Waals surface area contributed by atoms with E-state index in [2.05, 4.69) is 32.5 Å². The number of carbonyl (C=O) groups excluding carboxylic acids is 3. The average Bonchev–Trinajstić information content (AvgIpc) is 3.34. The molecule has 0 bridgehead atoms. The van der Waals surface area contributed by atoms with E-state index < -0.39 is 6.03 Å². The molecule has 2 aliphatic rings. The van der Waals surface area contributed by atoms with E-state index in [9.17, 15) is 14.4 Å². The van der Waals surface area contributed by atoms with Gasteiger partial charge in [-0.2, -0.15) is 0 Å². The minimum absolute atomic E-state index is 0.0232. The number of pyridine rings is 2. The van der Waals surface area contributed by atoms with E-state index in [1.165, 1.54) is 22.3 Å². The topological polar surface area (TPSA) is 126 Å². The number of benzene rings is 1. The predicted octanol–water partition coefficient (Wildman–Crippen LogP) is 5.51. The first-order chi connectivity index (χ1) is 19.5. The van der Waals surface area contributed by atoms with Crippen molar-refractivity contribution in [1.29, 1.82) is 0 Å². The fraction of sp³-hybridized carbons (Fsp3) is 0.207. The molecule has 4 heterocycles. The summed E-state index contributed by atoms with van der Waals surface area (Å²) in [6, 6.07) is 14.0. The smallest absolute Gasteiger partial charge is 0.331 e. The predicted molar refractivity (Wildman–Crippen MR) is 153 cm³/mol. The van der Waals surface area contributed by atoms with Gasteiger partial charge in [-0.1, -0.05) is 24.8 Å². The number of rotatable bonds is 7. The van der Waals surface area contributed by atoms with E-state index in [-0.39, 0.29) is 23.9 Å². The van der Waals surface area contributed by atoms with Gasteiger partial charge in [0.2, 0.25) is 11.8 Å². The van der Waals surface area contributed by atoms with Crippen LogP contribution in [0, 0.1) is 0 Å². The van der Waals surface area contributed by atoms with Gasteiger partial charge in [-0.05, 0) is 56.0 Å². The number of carbonyl (C=O) groups is 3. The zero-order valence-electron chi connectivity index (χ0n) is 21.4. The van der Waals surface area contributed by atoms with Gasteiger partial charge in [-0.25, -0.2) is 14.8 Å². The maximum absolute atomic E-state index is 13.4. The summed E-state index contributed by atoms with van der Waals surface area (Å²) in [4.78, 5) is 49.9. The molecule has 1 fully saturated rings. The van der Waals surface area contributed by atoms with Crippen molar-refractivity contribution in [1.82, 2.24) is 20.6 Å². The van der Waals surface area contributed by atoms with E-state index in [0.717, 1.165) is 19.3 Å². The number of hydrogen-bond acceptors (Lipinski definition) is 7. The molecule has 0 saturated heterocycles. The lowest BCUT2D eigenvalue weighted by molar-refractivity contribution is -0.117. The maximum Gasteiger partial charge on any atom is 0.331 e. The number of hydrogen-bond donors (Lipinski definition) is 3. The average molecular weight is 555 g/mol. The number of nitrogens with zero attached hydrogens (tertiary/aromatic N) is 3. The highest BCUT2D eigenvalue weighted by atomic mass is 32.1. The Kier molecular flexibility index (Phi) is 6.87. The third kappa shape index (κ3) is 4.98. The zero-order valence-corrected chi connectivity index (χ0v) is 22.2. The molecule has 1 aromatic carbocycles. The van der Waals surface area contributed by atoms with Gasteiger partial charge >= 0.3 is 6.03 Å². The lowest BCUT2D eigenvalue weighted by atomic mass is 9.91. The number of thiophene rings is 1. The van der Waals surface area contributed by atoms with Crippen molar-refractivity contribution in [2.75, 3.05) is 10.2 Å². The lowest BCUT2D eigenvalue weighted by Crippen LogP contribution is -2.45. The van der Waals surface area contributed by atoms with E-state index in [1.807, 2.05) is 30.3 Å². The van der Waals surface area contributed by atoms with Gasteiger partial charge in [-0.3, -0.25) is 14.5 Å². The highest BCUT2D eigenvalue weighted by molar-refractivity contribution is 7.21. The fourth-order valence-electron chi connectivity index (χ4n) is 5.14. The number of para-hydroxylation sites is 1. The zero-order chi connectivity index (χ0) is 27.6. The molecule has 0 spiro atoms. The molecular weight excluding hydrogens is 528 g/mol. The van der Waals surface area contributed by atoms with Crippen molar-refractivity contribution in [3.63, 3.8) is 0 Å². The van der Waals surface area contributed by atoms with Crippen molar-refractivity contribution in [2.24, 2.45) is 0 Å². The highest BCUT2D eigenvalue weighted by Gasteiger charge is 2.34. The monoisotopic (exact) mass is 554 g/mol. The molecule has 3 aromatic heterocycles. The molecule has 3 N–H and O–H groups in total. The van der Waals surface area contributed by atoms with Crippen LogP contribution in [0.2, 0.25) is 0 Å². The van der Waals surface area contributed by atoms with Crippen LogP contribution in [-0.2, 0) is 4.79 Å². The third-order valence-electron chi connectivity index (χ3n) is 6.94. The number of urea groups is 1. The van der Waals surface area contributed by atoms with Crippen LogP contribution in [0.3, 0.4) is 0 Å². The first kappa shape index (κ1) is 25.5. The quantitative estimate of drug-likeness (QED) is 0.259. The number of nitrogens with one attached hydrogen (secondary N) is 3. The second-order valence-electron chi connectivity index (χ2n) is 9.60. The maximum atomic E-state index is 13.4. The summed E-state index contributed by atoms with van der Waals surface area (Å²) in [5.74, 6) is 0.567. The molecule has 1 saturated carbocycles. The second-order valence-corrected chi connectivity index (χ2v) is 10.6. The number of ether oxygens (including phenoxy) is 1. The SMILES string of the molecule is C=CC(=O)NC1CCCC(NC(=O)c2sc3nccc4c3c2NC(=O)N4c2ccc(Oc3ccccc3)nc2)C1. The number of amides is 4. The van der Waals surface area contributed by atoms with Crippen LogP contribution in [0.25, 0.3) is 10.2 Å². The highest BCUT2D eigenvalue weighted by Crippen LogP contribution is 2.45. The summed E-state index contributed by atoms with van der Waals surface area (Å²) in [7, 11) is 0. The van der Waals surface area contributed by atoms with Crippen molar-refractivity contribution in [2.45, 2.75) is 37.8 Å². The summed E-state index contributed by atoms with van der Waals surface area (Å²) in [5.41, 5.74) is 1.61. The van der Waals surface area contributed by atoms with Crippen molar-refractivity contribution in [3.8, 4) is 11.6 Å². The Labute approximate surface area is 234 Å². The molecule has 6 rings (SSSR count). The van der Waals surface area contributed by atoms with Crippen molar-refractivity contribution in [3.05, 3.63) is 78.5 Å². The van der Waals surface area contributed by atoms with Crippen molar-refractivity contribution >= 4 is 56.5 Å². The number of anilines is 3. The normalized spacial score (nSPS) is 18.1. The Morgan fingerprint density at radius 3 is 2.62 bits per heavy atom. The second kappa shape index (κ2) is 10.8. The first-order valence-electron chi connectivity index (χ1n) is 13.0. The lowest BCUT2D eigenvalue weighted by Gasteiger charge is -2.30. The van der Waals surface area contributed by atoms with Crippen LogP contribution in [0.15, 0.2) is 73.6 Å². The van der Waals surface area contributed by atoms with E-state index in [0.29, 0.717) is 50.2 Å². The van der Waals surface area contributed by atoms with Gasteiger partial charge in [0.15, 0.2) is 0 Å². The molecular formula is C29H26N6O4S. The Balaban J connectivity index is 1.24. The Bertz CT molecular complexity index is 1600. The third-order valence-corrected chi connectivity index (χ3v) is 8.03. The molecule has 202 valence electrons. The Morgan fingerprint density at radius 1 is 1.07 bits per heavy atom.